The van der Waals surface area contributed by atoms with Gasteiger partial charge in [0, 0.05) is 19.3 Å². The molecule has 1 fully saturated rings. The van der Waals surface area contributed by atoms with E-state index in [4.69, 9.17) is 22.1 Å². The topological polar surface area (TPSA) is 73.1 Å². The van der Waals surface area contributed by atoms with Gasteiger partial charge in [0.1, 0.15) is 0 Å². The largest absolute Gasteiger partial charge is 2.00 e. The summed E-state index contributed by atoms with van der Waals surface area (Å²) < 4.78 is 5.26. The predicted molar refractivity (Wildman–Crippen MR) is 58.9 cm³/mol. The van der Waals surface area contributed by atoms with Crippen molar-refractivity contribution in [2.75, 3.05) is 24.3 Å². The fraction of sp³-hybridized carbons (Fsp3) is 0.556. The van der Waals surface area contributed by atoms with Crippen molar-refractivity contribution in [1.29, 1.82) is 0 Å². The van der Waals surface area contributed by atoms with Crippen LogP contribution in [-0.2, 0) is 24.2 Å². The van der Waals surface area contributed by atoms with Crippen LogP contribution >= 0.6 is 11.6 Å². The van der Waals surface area contributed by atoms with Gasteiger partial charge in [0.05, 0.1) is 11.9 Å². The van der Waals surface area contributed by atoms with Crippen molar-refractivity contribution in [2.45, 2.75) is 18.9 Å². The summed E-state index contributed by atoms with van der Waals surface area (Å²) in [7, 11) is 0. The summed E-state index contributed by atoms with van der Waals surface area (Å²) >= 11 is 5.69. The van der Waals surface area contributed by atoms with E-state index in [0.717, 1.165) is 26.1 Å². The van der Waals surface area contributed by atoms with Crippen LogP contribution in [-0.4, -0.2) is 29.2 Å². The average Bonchev–Trinajstić information content (AvgIpc) is 2.25. The maximum atomic E-state index is 5.73. The second-order valence-electron chi connectivity index (χ2n) is 3.47. The Kier molecular flexibility index (Phi) is 11.9. The molecule has 0 aliphatic carbocycles. The van der Waals surface area contributed by atoms with Crippen molar-refractivity contribution < 1.29 is 58.2 Å². The summed E-state index contributed by atoms with van der Waals surface area (Å²) in [5, 5.41) is 3.46. The summed E-state index contributed by atoms with van der Waals surface area (Å²) in [5.41, 5.74) is 6.25. The number of halogens is 3. The van der Waals surface area contributed by atoms with Gasteiger partial charge in [0.25, 0.3) is 0 Å². The van der Waals surface area contributed by atoms with E-state index in [1.807, 2.05) is 0 Å². The van der Waals surface area contributed by atoms with Gasteiger partial charge in [0.2, 0.25) is 5.28 Å². The molecule has 1 aliphatic rings. The molecule has 1 aromatic heterocycles. The molecule has 0 saturated carbocycles. The number of nitrogens with two attached hydrogens (primary N) is 1. The van der Waals surface area contributed by atoms with E-state index in [0.29, 0.717) is 17.5 Å². The Morgan fingerprint density at radius 3 is 2.56 bits per heavy atom. The molecule has 0 unspecified atom stereocenters. The summed E-state index contributed by atoms with van der Waals surface area (Å²) in [6.45, 7) is 1.55. The van der Waals surface area contributed by atoms with Crippen molar-refractivity contribution in [3.8, 4) is 0 Å². The minimum absolute atomic E-state index is 0. The molecule has 9 heteroatoms. The number of nitrogens with zero attached hydrogens (tertiary/aromatic N) is 2. The maximum absolute atomic E-state index is 5.73. The first-order valence-corrected chi connectivity index (χ1v) is 5.26. The molecule has 2 rings (SSSR count). The molecule has 0 spiro atoms. The standard InChI is InChI=1S/C9H13ClN4O.2BrH.Zn/c10-9-12-5-7(11)8(14-9)13-6-1-3-15-4-2-6;;;/h5-6H,1-4,11H2,(H,12,13,14);2*1H;/q;;;+2/p-2. The molecule has 98 valence electrons. The number of nitrogens with one attached hydrogen (secondary N) is 1. The Morgan fingerprint density at radius 2 is 1.94 bits per heavy atom. The molecule has 1 aromatic rings. The zero-order chi connectivity index (χ0) is 10.7. The van der Waals surface area contributed by atoms with E-state index in [9.17, 15) is 0 Å². The zero-order valence-electron chi connectivity index (χ0n) is 9.70. The minimum atomic E-state index is 0. The molecule has 0 amide bonds. The second-order valence-corrected chi connectivity index (χ2v) is 3.81. The van der Waals surface area contributed by atoms with Gasteiger partial charge in [-0.3, -0.25) is 0 Å². The third-order valence-electron chi connectivity index (χ3n) is 2.35. The number of hydrogen-bond acceptors (Lipinski definition) is 5. The fourth-order valence-corrected chi connectivity index (χ4v) is 1.65. The molecule has 0 bridgehead atoms. The van der Waals surface area contributed by atoms with E-state index >= 15 is 0 Å². The molecule has 0 aromatic carbocycles. The normalized spacial score (nSPS) is 14.7. The minimum Gasteiger partial charge on any atom is -1.00 e. The van der Waals surface area contributed by atoms with Crippen molar-refractivity contribution in [2.24, 2.45) is 0 Å². The summed E-state index contributed by atoms with van der Waals surface area (Å²) in [4.78, 5) is 7.84. The van der Waals surface area contributed by atoms with Gasteiger partial charge in [-0.25, -0.2) is 4.98 Å². The van der Waals surface area contributed by atoms with Crippen LogP contribution in [0.2, 0.25) is 5.28 Å². The molecule has 0 radical (unpaired) electrons. The number of hydrogen-bond donors (Lipinski definition) is 2. The van der Waals surface area contributed by atoms with E-state index in [1.54, 1.807) is 0 Å². The van der Waals surface area contributed by atoms with Crippen LogP contribution in [0.15, 0.2) is 6.20 Å². The van der Waals surface area contributed by atoms with Gasteiger partial charge in [-0.05, 0) is 24.4 Å². The number of anilines is 2. The summed E-state index contributed by atoms with van der Waals surface area (Å²) in [6, 6.07) is 0.354. The molecule has 1 aliphatic heterocycles. The Morgan fingerprint density at radius 1 is 1.33 bits per heavy atom. The molecule has 2 heterocycles. The predicted octanol–water partition coefficient (Wildman–Crippen LogP) is -4.69. The van der Waals surface area contributed by atoms with Gasteiger partial charge < -0.3 is 49.8 Å². The van der Waals surface area contributed by atoms with Crippen LogP contribution < -0.4 is 45.0 Å². The molecular weight excluding hydrogens is 441 g/mol. The Hall–Kier alpha value is 0.513. The van der Waals surface area contributed by atoms with Gasteiger partial charge in [-0.1, -0.05) is 0 Å². The molecule has 1 saturated heterocycles. The Balaban J connectivity index is 0. The SMILES string of the molecule is Nc1cnc(Cl)nc1NC1CCOCC1.[Br-].[Br-].[Zn+2]. The van der Waals surface area contributed by atoms with Crippen LogP contribution in [0.25, 0.3) is 0 Å². The Bertz CT molecular complexity index is 355. The number of ether oxygens (including phenoxy) is 1. The van der Waals surface area contributed by atoms with Gasteiger partial charge >= 0.3 is 19.5 Å². The van der Waals surface area contributed by atoms with Crippen molar-refractivity contribution in [3.63, 3.8) is 0 Å². The van der Waals surface area contributed by atoms with Crippen LogP contribution in [0.3, 0.4) is 0 Å². The Labute approximate surface area is 145 Å². The van der Waals surface area contributed by atoms with E-state index in [1.165, 1.54) is 6.20 Å². The average molecular weight is 454 g/mol. The fourth-order valence-electron chi connectivity index (χ4n) is 1.52. The quantitative estimate of drug-likeness (QED) is 0.348. The first-order chi connectivity index (χ1) is 7.25. The van der Waals surface area contributed by atoms with Crippen LogP contribution in [0.1, 0.15) is 12.8 Å². The van der Waals surface area contributed by atoms with E-state index in [-0.39, 0.29) is 58.7 Å². The van der Waals surface area contributed by atoms with Crippen LogP contribution in [0.4, 0.5) is 11.5 Å². The summed E-state index contributed by atoms with van der Waals surface area (Å²) in [6.07, 6.45) is 3.43. The third kappa shape index (κ3) is 6.11. The summed E-state index contributed by atoms with van der Waals surface area (Å²) in [5.74, 6) is 0.613. The van der Waals surface area contributed by atoms with E-state index in [2.05, 4.69) is 15.3 Å². The van der Waals surface area contributed by atoms with Crippen LogP contribution in [0, 0.1) is 0 Å². The third-order valence-corrected chi connectivity index (χ3v) is 2.53. The first kappa shape index (κ1) is 20.8. The van der Waals surface area contributed by atoms with Crippen LogP contribution in [0.5, 0.6) is 0 Å². The zero-order valence-corrected chi connectivity index (χ0v) is 16.6. The second kappa shape index (κ2) is 10.3. The maximum Gasteiger partial charge on any atom is 2.00 e. The molecule has 5 nitrogen and oxygen atoms in total. The molecule has 3 N–H and O–H groups in total. The number of aromatic nitrogens is 2. The van der Waals surface area contributed by atoms with Crippen molar-refractivity contribution in [3.05, 3.63) is 11.5 Å². The smallest absolute Gasteiger partial charge is 1.00 e. The van der Waals surface area contributed by atoms with Gasteiger partial charge in [0.15, 0.2) is 5.82 Å². The molecule has 0 atom stereocenters. The van der Waals surface area contributed by atoms with Gasteiger partial charge in [-0.15, -0.1) is 0 Å². The van der Waals surface area contributed by atoms with Crippen molar-refractivity contribution in [1.82, 2.24) is 9.97 Å². The van der Waals surface area contributed by atoms with Gasteiger partial charge in [-0.2, -0.15) is 4.98 Å². The van der Waals surface area contributed by atoms with Crippen molar-refractivity contribution >= 4 is 23.1 Å². The number of nitrogen functional groups attached to an aromatic ring is 1. The molecule has 18 heavy (non-hydrogen) atoms. The van der Waals surface area contributed by atoms with E-state index < -0.39 is 0 Å². The number of rotatable bonds is 2. The monoisotopic (exact) mass is 450 g/mol. The molecular formula is C9H13Br2ClN4OZn. The first-order valence-electron chi connectivity index (χ1n) is 4.88.